The Balaban J connectivity index is 1.42. The number of alkyl carbamates (subject to hydrolysis) is 1. The summed E-state index contributed by atoms with van der Waals surface area (Å²) in [5.74, 6) is 0.861. The van der Waals surface area contributed by atoms with Crippen LogP contribution in [-0.4, -0.2) is 47.6 Å². The van der Waals surface area contributed by atoms with E-state index in [1.165, 1.54) is 6.20 Å². The summed E-state index contributed by atoms with van der Waals surface area (Å²) in [4.78, 5) is 16.2. The fourth-order valence-electron chi connectivity index (χ4n) is 3.97. The minimum atomic E-state index is -3.29. The van der Waals surface area contributed by atoms with E-state index in [2.05, 4.69) is 25.8 Å². The van der Waals surface area contributed by atoms with Crippen molar-refractivity contribution in [3.05, 3.63) is 29.7 Å². The van der Waals surface area contributed by atoms with Gasteiger partial charge in [-0.05, 0) is 45.1 Å². The van der Waals surface area contributed by atoms with Gasteiger partial charge in [0.1, 0.15) is 6.10 Å². The summed E-state index contributed by atoms with van der Waals surface area (Å²) in [6, 6.07) is 1.92. The molecule has 29 heavy (non-hydrogen) atoms. The van der Waals surface area contributed by atoms with Gasteiger partial charge in [0.15, 0.2) is 15.7 Å². The molecule has 0 saturated heterocycles. The third kappa shape index (κ3) is 4.21. The van der Waals surface area contributed by atoms with Gasteiger partial charge in [-0.2, -0.15) is 5.10 Å². The third-order valence-electron chi connectivity index (χ3n) is 5.29. The number of amides is 1. The van der Waals surface area contributed by atoms with Gasteiger partial charge in [-0.25, -0.2) is 13.2 Å². The number of hydrogen-bond donors (Lipinski definition) is 3. The highest BCUT2D eigenvalue weighted by molar-refractivity contribution is 7.91. The van der Waals surface area contributed by atoms with Crippen molar-refractivity contribution in [2.75, 3.05) is 11.1 Å². The normalized spacial score (nSPS) is 22.4. The van der Waals surface area contributed by atoms with Crippen LogP contribution in [0, 0.1) is 0 Å². The molecule has 0 spiro atoms. The van der Waals surface area contributed by atoms with Crippen molar-refractivity contribution in [1.29, 1.82) is 0 Å². The quantitative estimate of drug-likeness (QED) is 0.680. The summed E-state index contributed by atoms with van der Waals surface area (Å²) in [5.41, 5.74) is 2.13. The van der Waals surface area contributed by atoms with Crippen molar-refractivity contribution in [3.63, 3.8) is 0 Å². The maximum absolute atomic E-state index is 12.3. The number of anilines is 2. The summed E-state index contributed by atoms with van der Waals surface area (Å²) < 4.78 is 30.1. The van der Waals surface area contributed by atoms with Crippen molar-refractivity contribution in [1.82, 2.24) is 20.5 Å². The summed E-state index contributed by atoms with van der Waals surface area (Å²) in [6.07, 6.45) is 5.51. The number of aryl methyl sites for hydroxylation is 1. The van der Waals surface area contributed by atoms with Crippen LogP contribution in [0.4, 0.5) is 16.3 Å². The number of sulfone groups is 1. The SMILES string of the molecule is CC(C)NC(=O)O[C@@H]1CC[C@H](c2cc(Nc3cncc4c3S(=O)(=O)CC4)n[nH]2)C1. The van der Waals surface area contributed by atoms with E-state index in [4.69, 9.17) is 4.74 Å². The first-order valence-electron chi connectivity index (χ1n) is 9.81. The predicted molar refractivity (Wildman–Crippen MR) is 107 cm³/mol. The summed E-state index contributed by atoms with van der Waals surface area (Å²) in [5, 5.41) is 13.1. The number of H-pyrrole nitrogens is 1. The minimum Gasteiger partial charge on any atom is -0.446 e. The van der Waals surface area contributed by atoms with E-state index in [1.807, 2.05) is 19.9 Å². The first kappa shape index (κ1) is 19.7. The molecule has 1 aliphatic heterocycles. The lowest BCUT2D eigenvalue weighted by atomic mass is 10.0. The van der Waals surface area contributed by atoms with Crippen LogP contribution in [0.1, 0.15) is 50.3 Å². The topological polar surface area (TPSA) is 126 Å². The van der Waals surface area contributed by atoms with Gasteiger partial charge in [0.25, 0.3) is 0 Å². The molecule has 1 saturated carbocycles. The van der Waals surface area contributed by atoms with Gasteiger partial charge < -0.3 is 15.4 Å². The van der Waals surface area contributed by atoms with Crippen molar-refractivity contribution in [2.24, 2.45) is 0 Å². The van der Waals surface area contributed by atoms with Crippen LogP contribution in [-0.2, 0) is 21.0 Å². The summed E-state index contributed by atoms with van der Waals surface area (Å²) in [6.45, 7) is 3.78. The number of nitrogens with one attached hydrogen (secondary N) is 3. The fraction of sp³-hybridized carbons (Fsp3) is 0.526. The van der Waals surface area contributed by atoms with E-state index in [-0.39, 0.29) is 29.9 Å². The maximum atomic E-state index is 12.3. The second kappa shape index (κ2) is 7.66. The molecular formula is C19H25N5O4S. The monoisotopic (exact) mass is 419 g/mol. The number of rotatable bonds is 5. The number of aromatic amines is 1. The molecule has 3 N–H and O–H groups in total. The lowest BCUT2D eigenvalue weighted by molar-refractivity contribution is 0.0981. The van der Waals surface area contributed by atoms with E-state index in [0.29, 0.717) is 22.8 Å². The largest absolute Gasteiger partial charge is 0.446 e. The average Bonchev–Trinajstić information content (AvgIpc) is 3.34. The van der Waals surface area contributed by atoms with E-state index >= 15 is 0 Å². The van der Waals surface area contributed by atoms with Gasteiger partial charge in [0.2, 0.25) is 0 Å². The molecule has 3 heterocycles. The number of carbonyl (C=O) groups excluding carboxylic acids is 1. The van der Waals surface area contributed by atoms with Gasteiger partial charge in [-0.15, -0.1) is 0 Å². The molecule has 4 rings (SSSR count). The molecule has 0 bridgehead atoms. The Labute approximate surface area is 169 Å². The van der Waals surface area contributed by atoms with E-state index in [1.54, 1.807) is 6.20 Å². The number of aromatic nitrogens is 3. The zero-order chi connectivity index (χ0) is 20.6. The molecular weight excluding hydrogens is 394 g/mol. The molecule has 9 nitrogen and oxygen atoms in total. The number of fused-ring (bicyclic) bond motifs is 1. The Morgan fingerprint density at radius 3 is 2.93 bits per heavy atom. The number of pyridine rings is 1. The van der Waals surface area contributed by atoms with Crippen LogP contribution >= 0.6 is 0 Å². The summed E-state index contributed by atoms with van der Waals surface area (Å²) in [7, 11) is -3.29. The van der Waals surface area contributed by atoms with Crippen molar-refractivity contribution >= 4 is 27.4 Å². The molecule has 2 aliphatic rings. The first-order valence-corrected chi connectivity index (χ1v) is 11.5. The highest BCUT2D eigenvalue weighted by Gasteiger charge is 2.31. The molecule has 2 aromatic heterocycles. The molecule has 1 aliphatic carbocycles. The zero-order valence-corrected chi connectivity index (χ0v) is 17.3. The fourth-order valence-corrected chi connectivity index (χ4v) is 5.66. The van der Waals surface area contributed by atoms with Crippen LogP contribution in [0.25, 0.3) is 0 Å². The van der Waals surface area contributed by atoms with E-state index in [0.717, 1.165) is 30.5 Å². The second-order valence-corrected chi connectivity index (χ2v) is 9.96. The smallest absolute Gasteiger partial charge is 0.407 e. The Hall–Kier alpha value is -2.62. The Morgan fingerprint density at radius 1 is 1.31 bits per heavy atom. The first-order chi connectivity index (χ1) is 13.8. The van der Waals surface area contributed by atoms with Crippen LogP contribution < -0.4 is 10.6 Å². The van der Waals surface area contributed by atoms with Crippen LogP contribution in [0.15, 0.2) is 23.4 Å². The Morgan fingerprint density at radius 2 is 2.14 bits per heavy atom. The minimum absolute atomic E-state index is 0.0404. The number of carbonyl (C=O) groups is 1. The van der Waals surface area contributed by atoms with Gasteiger partial charge in [-0.3, -0.25) is 10.1 Å². The van der Waals surface area contributed by atoms with E-state index < -0.39 is 9.84 Å². The standard InChI is InChI=1S/C19H25N5O4S/c1-11(2)21-19(25)28-14-4-3-12(7-14)15-8-17(24-23-15)22-16-10-20-9-13-5-6-29(26,27)18(13)16/h8-12,14H,3-7H2,1-2H3,(H,21,25)(H2,22,23,24)/t12-,14+/m0/s1. The number of hydrogen-bond acceptors (Lipinski definition) is 7. The molecule has 0 unspecified atom stereocenters. The lowest BCUT2D eigenvalue weighted by Gasteiger charge is -2.14. The number of ether oxygens (including phenoxy) is 1. The van der Waals surface area contributed by atoms with Gasteiger partial charge in [0, 0.05) is 29.9 Å². The molecule has 2 atom stereocenters. The number of nitrogens with zero attached hydrogens (tertiary/aromatic N) is 2. The zero-order valence-electron chi connectivity index (χ0n) is 16.4. The molecule has 1 amide bonds. The van der Waals surface area contributed by atoms with Gasteiger partial charge in [0.05, 0.1) is 22.5 Å². The molecule has 2 aromatic rings. The van der Waals surface area contributed by atoms with Crippen molar-refractivity contribution < 1.29 is 17.9 Å². The van der Waals surface area contributed by atoms with Crippen molar-refractivity contribution in [2.45, 2.75) is 62.5 Å². The van der Waals surface area contributed by atoms with Crippen LogP contribution in [0.2, 0.25) is 0 Å². The molecule has 0 aromatic carbocycles. The average molecular weight is 420 g/mol. The third-order valence-corrected chi connectivity index (χ3v) is 7.13. The molecule has 156 valence electrons. The van der Waals surface area contributed by atoms with Gasteiger partial charge in [-0.1, -0.05) is 0 Å². The maximum Gasteiger partial charge on any atom is 0.407 e. The molecule has 0 radical (unpaired) electrons. The molecule has 10 heteroatoms. The molecule has 1 fully saturated rings. The lowest BCUT2D eigenvalue weighted by Crippen LogP contribution is -2.33. The van der Waals surface area contributed by atoms with Crippen LogP contribution in [0.5, 0.6) is 0 Å². The Bertz CT molecular complexity index is 1020. The predicted octanol–water partition coefficient (Wildman–Crippen LogP) is 2.65. The van der Waals surface area contributed by atoms with E-state index in [9.17, 15) is 13.2 Å². The highest BCUT2D eigenvalue weighted by atomic mass is 32.2. The van der Waals surface area contributed by atoms with Crippen molar-refractivity contribution in [3.8, 4) is 0 Å². The second-order valence-electron chi connectivity index (χ2n) is 7.91. The van der Waals surface area contributed by atoms with Gasteiger partial charge >= 0.3 is 6.09 Å². The summed E-state index contributed by atoms with van der Waals surface area (Å²) >= 11 is 0. The van der Waals surface area contributed by atoms with Crippen LogP contribution in [0.3, 0.4) is 0 Å². The Kier molecular flexibility index (Phi) is 5.20. The highest BCUT2D eigenvalue weighted by Crippen LogP contribution is 2.37.